The van der Waals surface area contributed by atoms with Gasteiger partial charge in [0.05, 0.1) is 6.54 Å². The second-order valence-electron chi connectivity index (χ2n) is 9.59. The smallest absolute Gasteiger partial charge is 0.256 e. The number of aromatic amines is 1. The Hall–Kier alpha value is -2.02. The van der Waals surface area contributed by atoms with Crippen molar-refractivity contribution in [3.8, 4) is 0 Å². The highest BCUT2D eigenvalue weighted by Gasteiger charge is 2.25. The predicted octanol–water partition coefficient (Wildman–Crippen LogP) is 3.68. The quantitative estimate of drug-likeness (QED) is 0.717. The summed E-state index contributed by atoms with van der Waals surface area (Å²) in [7, 11) is 2.08. The number of rotatable bonds is 3. The number of piperidine rings is 1. The van der Waals surface area contributed by atoms with Crippen molar-refractivity contribution in [2.24, 2.45) is 0 Å². The van der Waals surface area contributed by atoms with Crippen LogP contribution >= 0.6 is 0 Å². The summed E-state index contributed by atoms with van der Waals surface area (Å²) < 4.78 is 0. The van der Waals surface area contributed by atoms with Gasteiger partial charge in [-0.3, -0.25) is 9.69 Å². The second-order valence-corrected chi connectivity index (χ2v) is 9.59. The van der Waals surface area contributed by atoms with Gasteiger partial charge in [-0.25, -0.2) is 0 Å². The third-order valence-electron chi connectivity index (χ3n) is 6.84. The highest BCUT2D eigenvalue weighted by atomic mass is 16.1. The summed E-state index contributed by atoms with van der Waals surface area (Å²) in [6.07, 6.45) is 8.57. The second kappa shape index (κ2) is 13.0. The molecule has 1 aromatic heterocycles. The summed E-state index contributed by atoms with van der Waals surface area (Å²) >= 11 is 0. The molecule has 0 bridgehead atoms. The first-order valence-corrected chi connectivity index (χ1v) is 12.8. The number of carbonyl (C=O) groups is 1. The van der Waals surface area contributed by atoms with E-state index in [1.165, 1.54) is 50.8 Å². The van der Waals surface area contributed by atoms with E-state index in [2.05, 4.69) is 46.6 Å². The molecule has 4 heterocycles. The minimum absolute atomic E-state index is 0.0321. The van der Waals surface area contributed by atoms with Crippen molar-refractivity contribution in [3.05, 3.63) is 45.9 Å². The molecule has 0 atom stereocenters. The zero-order chi connectivity index (χ0) is 23.6. The van der Waals surface area contributed by atoms with Crippen molar-refractivity contribution in [2.75, 3.05) is 46.3 Å². The standard InChI is InChI=1S/C13H14N2O.C11H20N2O.C3H8/c1-15-7-6-10-9-4-2-3-5-11(9)13(16)14-12(10)8-15;14-10-9-12-7-3-11(4-8-12)13-5-1-2-6-13;1-3-2/h2-5H,6-8H2,1H3,(H,14,16);10-11H,1-9H2;3H2,1-2H3. The van der Waals surface area contributed by atoms with Crippen LogP contribution in [0, 0.1) is 0 Å². The Labute approximate surface area is 198 Å². The van der Waals surface area contributed by atoms with Gasteiger partial charge in [0.15, 0.2) is 0 Å². The van der Waals surface area contributed by atoms with Gasteiger partial charge in [-0.2, -0.15) is 0 Å². The molecule has 3 aliphatic heterocycles. The third kappa shape index (κ3) is 6.98. The first-order chi connectivity index (χ1) is 16.1. The van der Waals surface area contributed by atoms with Crippen molar-refractivity contribution in [3.63, 3.8) is 0 Å². The number of nitrogens with one attached hydrogen (secondary N) is 1. The van der Waals surface area contributed by atoms with Crippen LogP contribution in [0.2, 0.25) is 0 Å². The molecule has 3 aliphatic rings. The average Bonchev–Trinajstić information content (AvgIpc) is 3.36. The van der Waals surface area contributed by atoms with E-state index in [0.717, 1.165) is 61.4 Å². The molecule has 0 amide bonds. The molecular formula is C27H42N4O2. The van der Waals surface area contributed by atoms with E-state index in [1.807, 2.05) is 18.2 Å². The van der Waals surface area contributed by atoms with Gasteiger partial charge in [0, 0.05) is 43.3 Å². The number of nitrogens with zero attached hydrogens (tertiary/aromatic N) is 3. The van der Waals surface area contributed by atoms with E-state index < -0.39 is 0 Å². The lowest BCUT2D eigenvalue weighted by Crippen LogP contribution is -2.44. The Bertz CT molecular complexity index is 927. The number of hydrogen-bond donors (Lipinski definition) is 1. The van der Waals surface area contributed by atoms with Crippen LogP contribution in [0.15, 0.2) is 29.1 Å². The van der Waals surface area contributed by atoms with Gasteiger partial charge in [-0.1, -0.05) is 38.5 Å². The molecule has 2 fully saturated rings. The van der Waals surface area contributed by atoms with Gasteiger partial charge in [-0.05, 0) is 69.3 Å². The predicted molar refractivity (Wildman–Crippen MR) is 137 cm³/mol. The van der Waals surface area contributed by atoms with Crippen LogP contribution < -0.4 is 5.56 Å². The molecule has 0 radical (unpaired) electrons. The average molecular weight is 455 g/mol. The molecular weight excluding hydrogens is 412 g/mol. The van der Waals surface area contributed by atoms with Crippen LogP contribution in [0.1, 0.15) is 57.2 Å². The summed E-state index contributed by atoms with van der Waals surface area (Å²) in [6.45, 7) is 11.6. The fourth-order valence-corrected chi connectivity index (χ4v) is 5.14. The summed E-state index contributed by atoms with van der Waals surface area (Å²) in [6, 6.07) is 8.67. The lowest BCUT2D eigenvalue weighted by atomic mass is 9.98. The number of H-pyrrole nitrogens is 1. The minimum Gasteiger partial charge on any atom is -0.324 e. The zero-order valence-electron chi connectivity index (χ0n) is 20.8. The number of likely N-dealkylation sites (N-methyl/N-ethyl adjacent to an activating group) is 1. The summed E-state index contributed by atoms with van der Waals surface area (Å²) in [5.41, 5.74) is 2.43. The Balaban J connectivity index is 0.000000168. The van der Waals surface area contributed by atoms with Crippen molar-refractivity contribution in [2.45, 2.75) is 65.0 Å². The first kappa shape index (κ1) is 25.6. The molecule has 2 saturated heterocycles. The molecule has 182 valence electrons. The van der Waals surface area contributed by atoms with Crippen molar-refractivity contribution in [1.29, 1.82) is 0 Å². The fourth-order valence-electron chi connectivity index (χ4n) is 5.14. The van der Waals surface area contributed by atoms with Gasteiger partial charge in [0.1, 0.15) is 6.29 Å². The van der Waals surface area contributed by atoms with E-state index in [0.29, 0.717) is 6.54 Å². The molecule has 6 nitrogen and oxygen atoms in total. The zero-order valence-corrected chi connectivity index (χ0v) is 20.8. The van der Waals surface area contributed by atoms with Crippen LogP contribution in [0.25, 0.3) is 10.8 Å². The monoisotopic (exact) mass is 454 g/mol. The van der Waals surface area contributed by atoms with Crippen molar-refractivity contribution >= 4 is 17.1 Å². The van der Waals surface area contributed by atoms with Gasteiger partial charge in [-0.15, -0.1) is 0 Å². The largest absolute Gasteiger partial charge is 0.324 e. The normalized spacial score (nSPS) is 19.8. The molecule has 5 rings (SSSR count). The first-order valence-electron chi connectivity index (χ1n) is 12.8. The van der Waals surface area contributed by atoms with Gasteiger partial charge in [0.2, 0.25) is 0 Å². The Morgan fingerprint density at radius 2 is 1.64 bits per heavy atom. The van der Waals surface area contributed by atoms with E-state index >= 15 is 0 Å². The van der Waals surface area contributed by atoms with E-state index in [-0.39, 0.29) is 5.56 Å². The molecule has 2 aromatic rings. The third-order valence-corrected chi connectivity index (χ3v) is 6.84. The SMILES string of the molecule is CCC.CN1CCc2c([nH]c(=O)c3ccccc23)C1.O=CCN1CCC(N2CCCC2)CC1. The van der Waals surface area contributed by atoms with Gasteiger partial charge >= 0.3 is 0 Å². The highest BCUT2D eigenvalue weighted by molar-refractivity contribution is 5.85. The maximum Gasteiger partial charge on any atom is 0.256 e. The van der Waals surface area contributed by atoms with Crippen LogP contribution in [0.3, 0.4) is 0 Å². The molecule has 0 unspecified atom stereocenters. The number of fused-ring (bicyclic) bond motifs is 3. The lowest BCUT2D eigenvalue weighted by molar-refractivity contribution is -0.109. The van der Waals surface area contributed by atoms with Crippen LogP contribution in [-0.2, 0) is 17.8 Å². The molecule has 0 aliphatic carbocycles. The number of carbonyl (C=O) groups excluding carboxylic acids is 1. The van der Waals surface area contributed by atoms with Gasteiger partial charge < -0.3 is 19.6 Å². The topological polar surface area (TPSA) is 59.7 Å². The highest BCUT2D eigenvalue weighted by Crippen LogP contribution is 2.23. The maximum atomic E-state index is 11.9. The van der Waals surface area contributed by atoms with Crippen molar-refractivity contribution in [1.82, 2.24) is 19.7 Å². The minimum atomic E-state index is 0.0321. The molecule has 0 spiro atoms. The summed E-state index contributed by atoms with van der Waals surface area (Å²) in [5, 5.41) is 1.93. The Kier molecular flexibility index (Phi) is 10.1. The number of hydrogen-bond acceptors (Lipinski definition) is 5. The van der Waals surface area contributed by atoms with E-state index in [4.69, 9.17) is 0 Å². The van der Waals surface area contributed by atoms with Crippen molar-refractivity contribution < 1.29 is 4.79 Å². The number of aldehydes is 1. The fraction of sp³-hybridized carbons (Fsp3) is 0.630. The molecule has 33 heavy (non-hydrogen) atoms. The number of pyridine rings is 1. The maximum absolute atomic E-state index is 11.9. The number of likely N-dealkylation sites (tertiary alicyclic amines) is 2. The number of benzene rings is 1. The van der Waals surface area contributed by atoms with E-state index in [9.17, 15) is 9.59 Å². The van der Waals surface area contributed by atoms with Crippen LogP contribution in [0.4, 0.5) is 0 Å². The number of aromatic nitrogens is 1. The Morgan fingerprint density at radius 1 is 1.00 bits per heavy atom. The lowest BCUT2D eigenvalue weighted by Gasteiger charge is -2.35. The molecule has 6 heteroatoms. The van der Waals surface area contributed by atoms with Crippen LogP contribution in [0.5, 0.6) is 0 Å². The van der Waals surface area contributed by atoms with Gasteiger partial charge in [0.25, 0.3) is 5.56 Å². The van der Waals surface area contributed by atoms with E-state index in [1.54, 1.807) is 0 Å². The molecule has 0 saturated carbocycles. The van der Waals surface area contributed by atoms with Crippen LogP contribution in [-0.4, -0.2) is 78.3 Å². The molecule has 1 aromatic carbocycles. The Morgan fingerprint density at radius 3 is 2.27 bits per heavy atom. The molecule has 1 N–H and O–H groups in total. The summed E-state index contributed by atoms with van der Waals surface area (Å²) in [4.78, 5) is 32.4. The summed E-state index contributed by atoms with van der Waals surface area (Å²) in [5.74, 6) is 0.